The molecule has 0 aliphatic heterocycles. The van der Waals surface area contributed by atoms with Crippen LogP contribution in [0, 0.1) is 17.3 Å². The van der Waals surface area contributed by atoms with Gasteiger partial charge in [0.15, 0.2) is 0 Å². The molecule has 2 aromatic carbocycles. The van der Waals surface area contributed by atoms with Gasteiger partial charge in [-0.3, -0.25) is 0 Å². The minimum Gasteiger partial charge on any atom is -0.311 e. The van der Waals surface area contributed by atoms with Gasteiger partial charge in [0.2, 0.25) is 0 Å². The average molecular weight is 420 g/mol. The van der Waals surface area contributed by atoms with Gasteiger partial charge in [-0.2, -0.15) is 0 Å². The van der Waals surface area contributed by atoms with Crippen LogP contribution in [-0.2, 0) is 18.3 Å². The number of nitrogens with one attached hydrogen (secondary N) is 1. The van der Waals surface area contributed by atoms with Crippen LogP contribution in [0.2, 0.25) is 5.02 Å². The third-order valence-electron chi connectivity index (χ3n) is 9.31. The predicted octanol–water partition coefficient (Wildman–Crippen LogP) is 6.71. The number of aryl methyl sites for hydroxylation is 1. The van der Waals surface area contributed by atoms with Gasteiger partial charge < -0.3 is 5.32 Å². The van der Waals surface area contributed by atoms with Crippen molar-refractivity contribution < 1.29 is 0 Å². The van der Waals surface area contributed by atoms with Gasteiger partial charge in [0.1, 0.15) is 0 Å². The number of fused-ring (bicyclic) bond motifs is 1. The Morgan fingerprint density at radius 2 is 1.63 bits per heavy atom. The molecule has 2 heteroatoms. The molecule has 30 heavy (non-hydrogen) atoms. The van der Waals surface area contributed by atoms with Crippen molar-refractivity contribution >= 4 is 11.6 Å². The number of hydrogen-bond donors (Lipinski definition) is 1. The molecule has 0 spiro atoms. The summed E-state index contributed by atoms with van der Waals surface area (Å²) in [7, 11) is 0. The Morgan fingerprint density at radius 3 is 2.37 bits per heavy atom. The Balaban J connectivity index is 1.25. The second-order valence-corrected chi connectivity index (χ2v) is 11.6. The Labute approximate surface area is 186 Å². The van der Waals surface area contributed by atoms with Crippen molar-refractivity contribution in [3.05, 3.63) is 70.2 Å². The third kappa shape index (κ3) is 3.16. The zero-order chi connectivity index (χ0) is 20.3. The van der Waals surface area contributed by atoms with Crippen molar-refractivity contribution in [1.29, 1.82) is 0 Å². The summed E-state index contributed by atoms with van der Waals surface area (Å²) in [5, 5.41) is 5.04. The molecule has 0 amide bonds. The van der Waals surface area contributed by atoms with Crippen LogP contribution in [0.4, 0.5) is 0 Å². The van der Waals surface area contributed by atoms with Crippen molar-refractivity contribution in [2.75, 3.05) is 0 Å². The van der Waals surface area contributed by atoms with E-state index in [0.29, 0.717) is 22.9 Å². The molecule has 158 valence electrons. The summed E-state index contributed by atoms with van der Waals surface area (Å²) in [6.45, 7) is 2.52. The molecule has 4 fully saturated rings. The lowest BCUT2D eigenvalue weighted by Gasteiger charge is -2.64. The minimum absolute atomic E-state index is 0.393. The van der Waals surface area contributed by atoms with Gasteiger partial charge in [-0.15, -0.1) is 0 Å². The van der Waals surface area contributed by atoms with E-state index in [0.717, 1.165) is 16.9 Å². The van der Waals surface area contributed by atoms with Crippen LogP contribution in [0.15, 0.2) is 48.5 Å². The fourth-order valence-electron chi connectivity index (χ4n) is 8.35. The Hall–Kier alpha value is -1.31. The van der Waals surface area contributed by atoms with E-state index < -0.39 is 0 Å². The van der Waals surface area contributed by atoms with Gasteiger partial charge in [-0.1, -0.05) is 48.0 Å². The smallest absolute Gasteiger partial charge is 0.0406 e. The number of rotatable bonds is 4. The molecule has 2 aromatic rings. The molecule has 0 saturated heterocycles. The molecule has 1 N–H and O–H groups in total. The van der Waals surface area contributed by atoms with Crippen LogP contribution < -0.4 is 5.32 Å². The maximum atomic E-state index is 6.23. The summed E-state index contributed by atoms with van der Waals surface area (Å²) < 4.78 is 0. The van der Waals surface area contributed by atoms with E-state index in [9.17, 15) is 0 Å². The molecular weight excluding hydrogens is 386 g/mol. The molecule has 0 radical (unpaired) electrons. The van der Waals surface area contributed by atoms with Gasteiger partial charge in [0.25, 0.3) is 0 Å². The first-order chi connectivity index (χ1) is 14.5. The molecule has 5 aliphatic carbocycles. The lowest BCUT2D eigenvalue weighted by molar-refractivity contribution is -0.0897. The van der Waals surface area contributed by atoms with E-state index >= 15 is 0 Å². The standard InChI is InChI=1S/C28H34ClN/c1-19(30-26-11-6-22-4-2-3-5-23(22)13-26)27-14-20-12-21(15-27)17-28(16-20,18-27)24-7-9-25(29)10-8-24/h2-5,7-10,19-21,26,30H,6,11-18H2,1H3/t19-,20+,21+,26+,27?,28?/m0/s1. The van der Waals surface area contributed by atoms with Gasteiger partial charge in [-0.25, -0.2) is 0 Å². The molecule has 7 rings (SSSR count). The average Bonchev–Trinajstić information content (AvgIpc) is 2.73. The first-order valence-electron chi connectivity index (χ1n) is 12.1. The topological polar surface area (TPSA) is 12.0 Å². The Bertz CT molecular complexity index is 918. The van der Waals surface area contributed by atoms with Crippen LogP contribution in [0.3, 0.4) is 0 Å². The van der Waals surface area contributed by atoms with E-state index in [1.165, 1.54) is 57.8 Å². The van der Waals surface area contributed by atoms with E-state index in [1.54, 1.807) is 16.7 Å². The number of hydrogen-bond acceptors (Lipinski definition) is 1. The van der Waals surface area contributed by atoms with Crippen molar-refractivity contribution in [2.45, 2.75) is 82.2 Å². The van der Waals surface area contributed by atoms with Crippen molar-refractivity contribution in [3.8, 4) is 0 Å². The van der Waals surface area contributed by atoms with Crippen LogP contribution >= 0.6 is 11.6 Å². The van der Waals surface area contributed by atoms with E-state index in [1.807, 2.05) is 0 Å². The summed E-state index contributed by atoms with van der Waals surface area (Å²) in [6.07, 6.45) is 12.2. The molecule has 0 aromatic heterocycles. The van der Waals surface area contributed by atoms with Gasteiger partial charge >= 0.3 is 0 Å². The Morgan fingerprint density at radius 1 is 0.933 bits per heavy atom. The highest BCUT2D eigenvalue weighted by Gasteiger charge is 2.59. The summed E-state index contributed by atoms with van der Waals surface area (Å²) in [5.74, 6) is 1.83. The molecule has 4 atom stereocenters. The normalized spacial score (nSPS) is 37.7. The highest BCUT2D eigenvalue weighted by molar-refractivity contribution is 6.30. The monoisotopic (exact) mass is 419 g/mol. The number of benzene rings is 2. The fourth-order valence-corrected chi connectivity index (χ4v) is 8.48. The third-order valence-corrected chi connectivity index (χ3v) is 9.57. The Kier molecular flexibility index (Phi) is 4.59. The van der Waals surface area contributed by atoms with Gasteiger partial charge in [0.05, 0.1) is 0 Å². The highest BCUT2D eigenvalue weighted by atomic mass is 35.5. The van der Waals surface area contributed by atoms with Crippen LogP contribution in [0.5, 0.6) is 0 Å². The van der Waals surface area contributed by atoms with E-state index in [4.69, 9.17) is 11.6 Å². The largest absolute Gasteiger partial charge is 0.311 e. The first-order valence-corrected chi connectivity index (χ1v) is 12.5. The van der Waals surface area contributed by atoms with Gasteiger partial charge in [0, 0.05) is 17.1 Å². The van der Waals surface area contributed by atoms with E-state index in [2.05, 4.69) is 60.8 Å². The maximum Gasteiger partial charge on any atom is 0.0406 e. The summed E-state index contributed by atoms with van der Waals surface area (Å²) in [4.78, 5) is 0. The highest BCUT2D eigenvalue weighted by Crippen LogP contribution is 2.66. The quantitative estimate of drug-likeness (QED) is 0.580. The minimum atomic E-state index is 0.393. The van der Waals surface area contributed by atoms with Gasteiger partial charge in [-0.05, 0) is 116 Å². The molecule has 5 aliphatic rings. The van der Waals surface area contributed by atoms with Crippen LogP contribution in [-0.4, -0.2) is 12.1 Å². The van der Waals surface area contributed by atoms with Crippen molar-refractivity contribution in [1.82, 2.24) is 5.32 Å². The second-order valence-electron chi connectivity index (χ2n) is 11.2. The summed E-state index contributed by atoms with van der Waals surface area (Å²) in [5.41, 5.74) is 5.56. The predicted molar refractivity (Wildman–Crippen MR) is 125 cm³/mol. The number of halogens is 1. The molecule has 0 heterocycles. The lowest BCUT2D eigenvalue weighted by atomic mass is 9.41. The zero-order valence-electron chi connectivity index (χ0n) is 18.2. The molecule has 4 saturated carbocycles. The maximum absolute atomic E-state index is 6.23. The second kappa shape index (κ2) is 7.10. The van der Waals surface area contributed by atoms with E-state index in [-0.39, 0.29) is 0 Å². The molecule has 0 unspecified atom stereocenters. The lowest BCUT2D eigenvalue weighted by Crippen LogP contribution is -2.61. The molecule has 1 nitrogen and oxygen atoms in total. The van der Waals surface area contributed by atoms with Crippen LogP contribution in [0.25, 0.3) is 0 Å². The summed E-state index contributed by atoms with van der Waals surface area (Å²) >= 11 is 6.23. The van der Waals surface area contributed by atoms with Crippen LogP contribution in [0.1, 0.15) is 68.6 Å². The molecule has 4 bridgehead atoms. The zero-order valence-corrected chi connectivity index (χ0v) is 18.9. The summed E-state index contributed by atoms with van der Waals surface area (Å²) in [6, 6.07) is 19.2. The molecular formula is C28H34ClN. The van der Waals surface area contributed by atoms with Crippen molar-refractivity contribution in [2.24, 2.45) is 17.3 Å². The van der Waals surface area contributed by atoms with Crippen molar-refractivity contribution in [3.63, 3.8) is 0 Å². The fraction of sp³-hybridized carbons (Fsp3) is 0.571. The SMILES string of the molecule is C[C@H](N[C@@H]1CCc2ccccc2C1)C12C[C@H]3C[C@@H](CC(c4ccc(Cl)cc4)(C3)C1)C2. The first kappa shape index (κ1) is 19.4.